The molecule has 1 aliphatic rings. The van der Waals surface area contributed by atoms with Crippen LogP contribution in [-0.4, -0.2) is 62.7 Å². The zero-order chi connectivity index (χ0) is 15.9. The molecule has 0 aliphatic carbocycles. The summed E-state index contributed by atoms with van der Waals surface area (Å²) in [6, 6.07) is 5.16. The molecule has 1 aromatic heterocycles. The molecule has 0 unspecified atom stereocenters. The summed E-state index contributed by atoms with van der Waals surface area (Å²) in [5, 5.41) is 39.9. The van der Waals surface area contributed by atoms with Crippen molar-refractivity contribution in [2.24, 2.45) is 0 Å². The average Bonchev–Trinajstić information content (AvgIpc) is 2.90. The molecule has 0 saturated carbocycles. The number of benzene rings is 1. The van der Waals surface area contributed by atoms with Crippen molar-refractivity contribution in [2.45, 2.75) is 30.7 Å². The number of aliphatic hydroxyl groups is 4. The van der Waals surface area contributed by atoms with Crippen molar-refractivity contribution in [1.29, 1.82) is 0 Å². The zero-order valence-corrected chi connectivity index (χ0v) is 12.1. The van der Waals surface area contributed by atoms with Gasteiger partial charge in [-0.05, 0) is 18.2 Å². The lowest BCUT2D eigenvalue weighted by molar-refractivity contribution is -0.277. The molecule has 1 aliphatic heterocycles. The second-order valence-corrected chi connectivity index (χ2v) is 5.59. The third-order valence-electron chi connectivity index (χ3n) is 3.70. The topological polar surface area (TPSA) is 115 Å². The molecular formula is C14H16ClNO6. The van der Waals surface area contributed by atoms with Crippen LogP contribution in [0, 0.1) is 0 Å². The van der Waals surface area contributed by atoms with Gasteiger partial charge >= 0.3 is 0 Å². The van der Waals surface area contributed by atoms with Crippen molar-refractivity contribution >= 4 is 22.5 Å². The zero-order valence-electron chi connectivity index (χ0n) is 11.4. The van der Waals surface area contributed by atoms with Gasteiger partial charge in [0.05, 0.1) is 12.1 Å². The molecule has 8 heteroatoms. The van der Waals surface area contributed by atoms with E-state index in [0.29, 0.717) is 10.8 Å². The second kappa shape index (κ2) is 6.04. The first-order valence-corrected chi connectivity index (χ1v) is 7.13. The lowest BCUT2D eigenvalue weighted by Crippen LogP contribution is -2.60. The van der Waals surface area contributed by atoms with E-state index in [1.165, 1.54) is 0 Å². The molecule has 7 nitrogen and oxygen atoms in total. The van der Waals surface area contributed by atoms with Crippen LogP contribution in [0.2, 0.25) is 5.02 Å². The van der Waals surface area contributed by atoms with Crippen LogP contribution in [0.4, 0.5) is 0 Å². The summed E-state index contributed by atoms with van der Waals surface area (Å²) in [7, 11) is 0. The Hall–Kier alpha value is -1.35. The van der Waals surface area contributed by atoms with E-state index in [2.05, 4.69) is 4.98 Å². The summed E-state index contributed by atoms with van der Waals surface area (Å²) in [6.07, 6.45) is -5.00. The molecule has 1 aromatic carbocycles. The average molecular weight is 330 g/mol. The number of rotatable bonds is 3. The molecule has 2 heterocycles. The molecule has 0 amide bonds. The first-order valence-electron chi connectivity index (χ1n) is 6.75. The fourth-order valence-corrected chi connectivity index (χ4v) is 2.63. The number of fused-ring (bicyclic) bond motifs is 1. The molecule has 1 fully saturated rings. The van der Waals surface area contributed by atoms with E-state index in [-0.39, 0.29) is 0 Å². The molecule has 120 valence electrons. The molecule has 22 heavy (non-hydrogen) atoms. The van der Waals surface area contributed by atoms with Crippen molar-refractivity contribution in [1.82, 2.24) is 4.98 Å². The van der Waals surface area contributed by atoms with Crippen molar-refractivity contribution in [2.75, 3.05) is 6.61 Å². The minimum atomic E-state index is -1.48. The number of aromatic amines is 1. The van der Waals surface area contributed by atoms with Gasteiger partial charge in [0.1, 0.15) is 30.2 Å². The van der Waals surface area contributed by atoms with Gasteiger partial charge in [-0.3, -0.25) is 0 Å². The number of hydrogen-bond acceptors (Lipinski definition) is 6. The smallest absolute Gasteiger partial charge is 0.229 e. The number of aliphatic hydroxyl groups excluding tert-OH is 4. The van der Waals surface area contributed by atoms with Gasteiger partial charge in [-0.2, -0.15) is 0 Å². The van der Waals surface area contributed by atoms with Crippen molar-refractivity contribution < 1.29 is 29.9 Å². The van der Waals surface area contributed by atoms with E-state index in [1.54, 1.807) is 24.4 Å². The van der Waals surface area contributed by atoms with E-state index in [0.717, 1.165) is 10.9 Å². The van der Waals surface area contributed by atoms with Crippen molar-refractivity contribution in [3.05, 3.63) is 29.4 Å². The fourth-order valence-electron chi connectivity index (χ4n) is 2.46. The molecule has 2 aromatic rings. The first-order chi connectivity index (χ1) is 10.5. The van der Waals surface area contributed by atoms with Crippen LogP contribution in [0.25, 0.3) is 10.9 Å². The van der Waals surface area contributed by atoms with Gasteiger partial charge in [-0.25, -0.2) is 0 Å². The van der Waals surface area contributed by atoms with E-state index in [9.17, 15) is 15.3 Å². The number of hydrogen-bond donors (Lipinski definition) is 5. The summed E-state index contributed by atoms with van der Waals surface area (Å²) in [4.78, 5) is 2.97. The summed E-state index contributed by atoms with van der Waals surface area (Å²) in [5.74, 6) is 0.399. The van der Waals surface area contributed by atoms with Crippen LogP contribution in [-0.2, 0) is 4.74 Å². The molecular weight excluding hydrogens is 314 g/mol. The Morgan fingerprint density at radius 2 is 1.95 bits per heavy atom. The third kappa shape index (κ3) is 2.67. The Bertz CT molecular complexity index is 660. The van der Waals surface area contributed by atoms with E-state index in [4.69, 9.17) is 26.2 Å². The Kier molecular flexibility index (Phi) is 4.26. The Morgan fingerprint density at radius 3 is 2.68 bits per heavy atom. The van der Waals surface area contributed by atoms with E-state index in [1.807, 2.05) is 0 Å². The minimum absolute atomic E-state index is 0.399. The van der Waals surface area contributed by atoms with Crippen LogP contribution in [0.15, 0.2) is 24.4 Å². The maximum Gasteiger partial charge on any atom is 0.229 e. The second-order valence-electron chi connectivity index (χ2n) is 5.16. The highest BCUT2D eigenvalue weighted by Gasteiger charge is 2.44. The van der Waals surface area contributed by atoms with Gasteiger partial charge < -0.3 is 34.9 Å². The van der Waals surface area contributed by atoms with Crippen LogP contribution < -0.4 is 4.74 Å². The summed E-state index contributed by atoms with van der Waals surface area (Å²) in [6.45, 7) is -0.506. The maximum atomic E-state index is 9.96. The minimum Gasteiger partial charge on any atom is -0.460 e. The number of halogens is 1. The molecule has 0 bridgehead atoms. The Morgan fingerprint density at radius 1 is 1.18 bits per heavy atom. The Balaban J connectivity index is 1.84. The van der Waals surface area contributed by atoms with Gasteiger partial charge in [0.15, 0.2) is 0 Å². The number of aromatic nitrogens is 1. The number of ether oxygens (including phenoxy) is 2. The number of nitrogens with one attached hydrogen (secondary N) is 1. The predicted octanol–water partition coefficient (Wildman–Crippen LogP) is -0.000000000000000278. The number of H-pyrrole nitrogens is 1. The summed E-state index contributed by atoms with van der Waals surface area (Å²) < 4.78 is 10.9. The summed E-state index contributed by atoms with van der Waals surface area (Å²) in [5.41, 5.74) is 0.743. The lowest BCUT2D eigenvalue weighted by atomic mass is 9.99. The standard InChI is InChI=1S/C14H16ClNO6/c15-6-1-2-7-8(3-6)16-4-9(7)21-14-13(20)12(19)11(18)10(5-17)22-14/h1-4,10-14,16-20H,5H2/t10-,11-,12-,13-,14-/m1/s1. The van der Waals surface area contributed by atoms with E-state index >= 15 is 0 Å². The molecule has 5 atom stereocenters. The van der Waals surface area contributed by atoms with Crippen LogP contribution >= 0.6 is 11.6 Å². The van der Waals surface area contributed by atoms with E-state index < -0.39 is 37.3 Å². The molecule has 5 N–H and O–H groups in total. The third-order valence-corrected chi connectivity index (χ3v) is 3.93. The Labute approximate surface area is 130 Å². The van der Waals surface area contributed by atoms with Crippen molar-refractivity contribution in [3.63, 3.8) is 0 Å². The first kappa shape index (κ1) is 15.5. The lowest BCUT2D eigenvalue weighted by Gasteiger charge is -2.39. The SMILES string of the molecule is OC[C@H]1O[C@@H](Oc2c[nH]c3cc(Cl)ccc23)[C@H](O)[C@H](O)[C@@H]1O. The van der Waals surface area contributed by atoms with Crippen LogP contribution in [0.3, 0.4) is 0 Å². The van der Waals surface area contributed by atoms with Gasteiger partial charge in [0, 0.05) is 16.6 Å². The maximum absolute atomic E-state index is 9.96. The van der Waals surface area contributed by atoms with Gasteiger partial charge in [-0.15, -0.1) is 0 Å². The normalized spacial score (nSPS) is 32.3. The van der Waals surface area contributed by atoms with Gasteiger partial charge in [0.25, 0.3) is 0 Å². The molecule has 0 spiro atoms. The highest BCUT2D eigenvalue weighted by Crippen LogP contribution is 2.31. The largest absolute Gasteiger partial charge is 0.460 e. The fraction of sp³-hybridized carbons (Fsp3) is 0.429. The monoisotopic (exact) mass is 329 g/mol. The van der Waals surface area contributed by atoms with Crippen molar-refractivity contribution in [3.8, 4) is 5.75 Å². The quantitative estimate of drug-likeness (QED) is 0.541. The summed E-state index contributed by atoms with van der Waals surface area (Å²) >= 11 is 5.90. The van der Waals surface area contributed by atoms with Crippen LogP contribution in [0.5, 0.6) is 5.75 Å². The predicted molar refractivity (Wildman–Crippen MR) is 77.7 cm³/mol. The van der Waals surface area contributed by atoms with Gasteiger partial charge in [-0.1, -0.05) is 11.6 Å². The van der Waals surface area contributed by atoms with Crippen LogP contribution in [0.1, 0.15) is 0 Å². The van der Waals surface area contributed by atoms with Gasteiger partial charge in [0.2, 0.25) is 6.29 Å². The molecule has 0 radical (unpaired) electrons. The molecule has 1 saturated heterocycles. The highest BCUT2D eigenvalue weighted by atomic mass is 35.5. The molecule has 3 rings (SSSR count). The highest BCUT2D eigenvalue weighted by molar-refractivity contribution is 6.31.